The van der Waals surface area contributed by atoms with Gasteiger partial charge in [-0.3, -0.25) is 4.79 Å². The monoisotopic (exact) mass is 328 g/mol. The summed E-state index contributed by atoms with van der Waals surface area (Å²) in [5.41, 5.74) is 6.50. The van der Waals surface area contributed by atoms with Gasteiger partial charge in [-0.15, -0.1) is 12.4 Å². The maximum absolute atomic E-state index is 11.9. The van der Waals surface area contributed by atoms with E-state index in [0.717, 1.165) is 31.6 Å². The number of halogens is 1. The van der Waals surface area contributed by atoms with Crippen molar-refractivity contribution < 1.29 is 14.3 Å². The first-order valence-corrected chi connectivity index (χ1v) is 7.60. The van der Waals surface area contributed by atoms with Gasteiger partial charge in [0, 0.05) is 18.4 Å². The number of nitrogens with two attached hydrogens (primary N) is 1. The van der Waals surface area contributed by atoms with Crippen LogP contribution in [0.4, 0.5) is 5.69 Å². The van der Waals surface area contributed by atoms with Crippen LogP contribution in [-0.4, -0.2) is 31.3 Å². The highest BCUT2D eigenvalue weighted by Crippen LogP contribution is 2.20. The molecule has 0 bridgehead atoms. The van der Waals surface area contributed by atoms with E-state index in [-0.39, 0.29) is 24.4 Å². The zero-order chi connectivity index (χ0) is 15.1. The molecule has 0 radical (unpaired) electrons. The van der Waals surface area contributed by atoms with E-state index in [1.165, 1.54) is 0 Å². The Labute approximate surface area is 138 Å². The van der Waals surface area contributed by atoms with Crippen molar-refractivity contribution in [2.45, 2.75) is 44.8 Å². The Morgan fingerprint density at radius 2 is 2.36 bits per heavy atom. The van der Waals surface area contributed by atoms with Crippen molar-refractivity contribution in [1.29, 1.82) is 0 Å². The van der Waals surface area contributed by atoms with E-state index in [4.69, 9.17) is 15.2 Å². The summed E-state index contributed by atoms with van der Waals surface area (Å²) in [6.45, 7) is 3.37. The summed E-state index contributed by atoms with van der Waals surface area (Å²) in [4.78, 5) is 11.9. The van der Waals surface area contributed by atoms with Crippen molar-refractivity contribution in [2.24, 2.45) is 5.73 Å². The van der Waals surface area contributed by atoms with Gasteiger partial charge in [0.1, 0.15) is 12.4 Å². The van der Waals surface area contributed by atoms with Crippen LogP contribution in [0.5, 0.6) is 5.75 Å². The van der Waals surface area contributed by atoms with Gasteiger partial charge in [0.2, 0.25) is 5.91 Å². The van der Waals surface area contributed by atoms with Crippen molar-refractivity contribution in [3.63, 3.8) is 0 Å². The summed E-state index contributed by atoms with van der Waals surface area (Å²) in [6.07, 6.45) is 3.89. The highest BCUT2D eigenvalue weighted by molar-refractivity contribution is 5.94. The molecule has 1 aliphatic heterocycles. The van der Waals surface area contributed by atoms with E-state index >= 15 is 0 Å². The van der Waals surface area contributed by atoms with Crippen molar-refractivity contribution in [3.05, 3.63) is 24.3 Å². The molecule has 5 nitrogen and oxygen atoms in total. The third kappa shape index (κ3) is 5.83. The minimum Gasteiger partial charge on any atom is -0.491 e. The van der Waals surface area contributed by atoms with Gasteiger partial charge in [0.25, 0.3) is 0 Å². The normalized spacial score (nSPS) is 18.4. The van der Waals surface area contributed by atoms with Gasteiger partial charge in [-0.2, -0.15) is 0 Å². The van der Waals surface area contributed by atoms with Crippen LogP contribution < -0.4 is 15.8 Å². The molecule has 3 N–H and O–H groups in total. The van der Waals surface area contributed by atoms with Crippen LogP contribution in [0.3, 0.4) is 0 Å². The van der Waals surface area contributed by atoms with E-state index in [9.17, 15) is 4.79 Å². The minimum atomic E-state index is -0.466. The third-order valence-electron chi connectivity index (χ3n) is 3.50. The van der Waals surface area contributed by atoms with Crippen molar-refractivity contribution in [3.8, 4) is 5.75 Å². The topological polar surface area (TPSA) is 73.6 Å². The third-order valence-corrected chi connectivity index (χ3v) is 3.50. The number of carbonyl (C=O) groups excluding carboxylic acids is 1. The molecule has 0 aromatic heterocycles. The van der Waals surface area contributed by atoms with E-state index < -0.39 is 6.04 Å². The standard InChI is InChI=1S/C16H24N2O3.ClH/c1-2-5-15(17)16(19)18-12-6-3-7-13(10-12)21-11-14-8-4-9-20-14;/h3,6-7,10,14-15H,2,4-5,8-9,11,17H2,1H3,(H,18,19);1H. The number of anilines is 1. The highest BCUT2D eigenvalue weighted by Gasteiger charge is 2.16. The van der Waals surface area contributed by atoms with Crippen molar-refractivity contribution in [1.82, 2.24) is 0 Å². The van der Waals surface area contributed by atoms with E-state index in [1.54, 1.807) is 0 Å². The summed E-state index contributed by atoms with van der Waals surface area (Å²) in [5.74, 6) is 0.570. The summed E-state index contributed by atoms with van der Waals surface area (Å²) >= 11 is 0. The Kier molecular flexibility index (Phi) is 8.24. The number of hydrogen-bond donors (Lipinski definition) is 2. The van der Waals surface area contributed by atoms with E-state index in [1.807, 2.05) is 31.2 Å². The SMILES string of the molecule is CCCC(N)C(=O)Nc1cccc(OCC2CCCO2)c1.Cl. The van der Waals surface area contributed by atoms with Gasteiger partial charge in [-0.25, -0.2) is 0 Å². The Bertz CT molecular complexity index is 464. The molecule has 2 atom stereocenters. The molecule has 1 aromatic carbocycles. The maximum Gasteiger partial charge on any atom is 0.241 e. The van der Waals surface area contributed by atoms with Crippen molar-refractivity contribution >= 4 is 24.0 Å². The van der Waals surface area contributed by atoms with Crippen LogP contribution in [0.1, 0.15) is 32.6 Å². The summed E-state index contributed by atoms with van der Waals surface area (Å²) in [7, 11) is 0. The Balaban J connectivity index is 0.00000242. The zero-order valence-electron chi connectivity index (χ0n) is 12.9. The summed E-state index contributed by atoms with van der Waals surface area (Å²) in [6, 6.07) is 6.90. The van der Waals surface area contributed by atoms with Crippen LogP contribution in [0.2, 0.25) is 0 Å². The molecule has 0 saturated carbocycles. The molecule has 124 valence electrons. The summed E-state index contributed by atoms with van der Waals surface area (Å²) < 4.78 is 11.2. The Morgan fingerprint density at radius 3 is 3.05 bits per heavy atom. The highest BCUT2D eigenvalue weighted by atomic mass is 35.5. The van der Waals surface area contributed by atoms with Crippen LogP contribution in [0.15, 0.2) is 24.3 Å². The molecule has 22 heavy (non-hydrogen) atoms. The van der Waals surface area contributed by atoms with Gasteiger partial charge >= 0.3 is 0 Å². The molecule has 2 rings (SSSR count). The van der Waals surface area contributed by atoms with E-state index in [0.29, 0.717) is 18.7 Å². The zero-order valence-corrected chi connectivity index (χ0v) is 13.7. The number of amides is 1. The fraction of sp³-hybridized carbons (Fsp3) is 0.562. The second-order valence-corrected chi connectivity index (χ2v) is 5.36. The first-order valence-electron chi connectivity index (χ1n) is 7.60. The lowest BCUT2D eigenvalue weighted by molar-refractivity contribution is -0.117. The quantitative estimate of drug-likeness (QED) is 0.807. The van der Waals surface area contributed by atoms with Gasteiger partial charge in [0.05, 0.1) is 12.1 Å². The van der Waals surface area contributed by atoms with Gasteiger partial charge in [-0.1, -0.05) is 19.4 Å². The Hall–Kier alpha value is -1.30. The molecule has 1 aliphatic rings. The second-order valence-electron chi connectivity index (χ2n) is 5.36. The predicted molar refractivity (Wildman–Crippen MR) is 89.7 cm³/mol. The lowest BCUT2D eigenvalue weighted by Gasteiger charge is -2.14. The number of ether oxygens (including phenoxy) is 2. The van der Waals surface area contributed by atoms with Crippen LogP contribution in [0, 0.1) is 0 Å². The molecule has 0 aliphatic carbocycles. The van der Waals surface area contributed by atoms with Gasteiger partial charge in [0.15, 0.2) is 0 Å². The molecule has 1 saturated heterocycles. The first-order chi connectivity index (χ1) is 10.2. The molecule has 1 heterocycles. The molecule has 1 aromatic rings. The molecular weight excluding hydrogens is 304 g/mol. The molecule has 1 fully saturated rings. The number of carbonyl (C=O) groups is 1. The fourth-order valence-electron chi connectivity index (χ4n) is 2.31. The number of nitrogens with one attached hydrogen (secondary N) is 1. The molecule has 6 heteroatoms. The predicted octanol–water partition coefficient (Wildman–Crippen LogP) is 2.73. The summed E-state index contributed by atoms with van der Waals surface area (Å²) in [5, 5.41) is 2.82. The number of hydrogen-bond acceptors (Lipinski definition) is 4. The molecular formula is C16H25ClN2O3. The van der Waals surface area contributed by atoms with Crippen molar-refractivity contribution in [2.75, 3.05) is 18.5 Å². The lowest BCUT2D eigenvalue weighted by atomic mass is 10.1. The smallest absolute Gasteiger partial charge is 0.241 e. The minimum absolute atomic E-state index is 0. The second kappa shape index (κ2) is 9.66. The van der Waals surface area contributed by atoms with Crippen LogP contribution >= 0.6 is 12.4 Å². The fourth-order valence-corrected chi connectivity index (χ4v) is 2.31. The Morgan fingerprint density at radius 1 is 1.55 bits per heavy atom. The van der Waals surface area contributed by atoms with Gasteiger partial charge in [-0.05, 0) is 31.4 Å². The first kappa shape index (κ1) is 18.7. The maximum atomic E-state index is 11.9. The number of benzene rings is 1. The molecule has 0 spiro atoms. The van der Waals surface area contributed by atoms with Crippen LogP contribution in [0.25, 0.3) is 0 Å². The van der Waals surface area contributed by atoms with E-state index in [2.05, 4.69) is 5.32 Å². The molecule has 2 unspecified atom stereocenters. The average Bonchev–Trinajstić information content (AvgIpc) is 2.99. The van der Waals surface area contributed by atoms with Gasteiger partial charge < -0.3 is 20.5 Å². The molecule has 1 amide bonds. The average molecular weight is 329 g/mol. The largest absolute Gasteiger partial charge is 0.491 e. The number of rotatable bonds is 7. The lowest BCUT2D eigenvalue weighted by Crippen LogP contribution is -2.35. The van der Waals surface area contributed by atoms with Crippen LogP contribution in [-0.2, 0) is 9.53 Å².